The fourth-order valence-electron chi connectivity index (χ4n) is 3.35. The number of thioether (sulfide) groups is 1. The molecule has 4 rings (SSSR count). The lowest BCUT2D eigenvalue weighted by molar-refractivity contribution is -0.115. The first-order valence-corrected chi connectivity index (χ1v) is 8.56. The number of allylic oxidation sites excluding steroid dienone is 3. The van der Waals surface area contributed by atoms with Crippen LogP contribution >= 0.6 is 11.8 Å². The number of hydrogen-bond acceptors (Lipinski definition) is 3. The van der Waals surface area contributed by atoms with Gasteiger partial charge < -0.3 is 4.98 Å². The summed E-state index contributed by atoms with van der Waals surface area (Å²) in [6.07, 6.45) is 9.42. The van der Waals surface area contributed by atoms with E-state index < -0.39 is 0 Å². The Morgan fingerprint density at radius 1 is 1.22 bits per heavy atom. The molecular weight excluding hydrogens is 308 g/mol. The number of fused-ring (bicyclic) bond motifs is 1. The Labute approximate surface area is 138 Å². The predicted octanol–water partition coefficient (Wildman–Crippen LogP) is 4.22. The van der Waals surface area contributed by atoms with Gasteiger partial charge in [0.05, 0.1) is 4.91 Å². The number of hydrogen-bond donors (Lipinski definition) is 2. The summed E-state index contributed by atoms with van der Waals surface area (Å²) in [7, 11) is 0. The second-order valence-electron chi connectivity index (χ2n) is 5.80. The molecule has 116 valence electrons. The highest BCUT2D eigenvalue weighted by Gasteiger charge is 2.32. The molecule has 1 aliphatic carbocycles. The van der Waals surface area contributed by atoms with Crippen LogP contribution in [0.1, 0.15) is 24.8 Å². The molecule has 0 radical (unpaired) electrons. The third-order valence-electron chi connectivity index (χ3n) is 4.37. The smallest absolute Gasteiger partial charge is 0.290 e. The van der Waals surface area contributed by atoms with E-state index >= 15 is 0 Å². The fraction of sp³-hybridized carbons (Fsp3) is 0.222. The van der Waals surface area contributed by atoms with Gasteiger partial charge in [-0.15, -0.1) is 0 Å². The Hall–Kier alpha value is -2.27. The van der Waals surface area contributed by atoms with Crippen molar-refractivity contribution in [3.63, 3.8) is 0 Å². The number of H-pyrrole nitrogens is 1. The molecule has 1 unspecified atom stereocenters. The van der Waals surface area contributed by atoms with Crippen LogP contribution in [0, 0.1) is 5.92 Å². The summed E-state index contributed by atoms with van der Waals surface area (Å²) < 4.78 is 0. The van der Waals surface area contributed by atoms with Gasteiger partial charge in [-0.05, 0) is 54.3 Å². The number of aromatic nitrogens is 1. The molecule has 1 saturated heterocycles. The molecule has 0 spiro atoms. The Morgan fingerprint density at radius 3 is 2.87 bits per heavy atom. The molecule has 2 heterocycles. The number of carbonyl (C=O) groups excluding carboxylic acids is 2. The van der Waals surface area contributed by atoms with Gasteiger partial charge in [0.1, 0.15) is 0 Å². The van der Waals surface area contributed by atoms with Crippen LogP contribution in [0.25, 0.3) is 16.5 Å². The number of rotatable bonds is 2. The van der Waals surface area contributed by atoms with E-state index in [2.05, 4.69) is 22.5 Å². The van der Waals surface area contributed by atoms with Crippen molar-refractivity contribution in [2.24, 2.45) is 5.92 Å². The minimum Gasteiger partial charge on any atom is -0.361 e. The van der Waals surface area contributed by atoms with Gasteiger partial charge in [-0.2, -0.15) is 0 Å². The highest BCUT2D eigenvalue weighted by atomic mass is 32.2. The molecular formula is C18H16N2O2S. The first-order valence-electron chi connectivity index (χ1n) is 7.74. The lowest BCUT2D eigenvalue weighted by Gasteiger charge is -2.22. The van der Waals surface area contributed by atoms with Crippen LogP contribution < -0.4 is 5.32 Å². The molecule has 1 aromatic carbocycles. The first-order chi connectivity index (χ1) is 11.2. The second kappa shape index (κ2) is 5.74. The van der Waals surface area contributed by atoms with E-state index in [1.54, 1.807) is 0 Å². The van der Waals surface area contributed by atoms with Crippen molar-refractivity contribution in [3.8, 4) is 0 Å². The van der Waals surface area contributed by atoms with Crippen molar-refractivity contribution in [1.82, 2.24) is 10.3 Å². The van der Waals surface area contributed by atoms with Gasteiger partial charge in [-0.25, -0.2) is 0 Å². The Balaban J connectivity index is 1.96. The van der Waals surface area contributed by atoms with E-state index in [1.165, 1.54) is 0 Å². The number of nitrogens with one attached hydrogen (secondary N) is 2. The molecule has 1 atom stereocenters. The number of carbonyl (C=O) groups is 2. The zero-order valence-corrected chi connectivity index (χ0v) is 13.3. The maximum Gasteiger partial charge on any atom is 0.290 e. The third-order valence-corrected chi connectivity index (χ3v) is 5.27. The molecule has 5 heteroatoms. The van der Waals surface area contributed by atoms with Crippen LogP contribution in [-0.2, 0) is 4.79 Å². The molecule has 2 aromatic rings. The van der Waals surface area contributed by atoms with Gasteiger partial charge in [-0.1, -0.05) is 24.3 Å². The third kappa shape index (κ3) is 2.51. The highest BCUT2D eigenvalue weighted by molar-refractivity contribution is 8.18. The van der Waals surface area contributed by atoms with Crippen molar-refractivity contribution < 1.29 is 9.59 Å². The molecule has 1 aliphatic heterocycles. The van der Waals surface area contributed by atoms with E-state index in [-0.39, 0.29) is 17.1 Å². The summed E-state index contributed by atoms with van der Waals surface area (Å²) in [5.41, 5.74) is 3.04. The maximum absolute atomic E-state index is 12.3. The van der Waals surface area contributed by atoms with Gasteiger partial charge in [0.2, 0.25) is 0 Å². The molecule has 1 aromatic heterocycles. The van der Waals surface area contributed by atoms with E-state index in [9.17, 15) is 9.59 Å². The average molecular weight is 324 g/mol. The fourth-order valence-corrected chi connectivity index (χ4v) is 4.20. The van der Waals surface area contributed by atoms with Crippen molar-refractivity contribution in [1.29, 1.82) is 0 Å². The standard InChI is InChI=1S/C18H16N2O2S/c21-17-16(23-18(22)20-17)15(11-5-2-1-3-6-11)13-7-4-8-14-12(13)9-10-19-14/h2,4-5,7-11,19H,1,3,6H2,(H,20,21,22). The van der Waals surface area contributed by atoms with E-state index in [4.69, 9.17) is 0 Å². The van der Waals surface area contributed by atoms with Gasteiger partial charge in [0.15, 0.2) is 0 Å². The topological polar surface area (TPSA) is 62.0 Å². The molecule has 0 saturated carbocycles. The van der Waals surface area contributed by atoms with Crippen LogP contribution in [0.15, 0.2) is 47.5 Å². The van der Waals surface area contributed by atoms with Crippen molar-refractivity contribution >= 4 is 39.4 Å². The van der Waals surface area contributed by atoms with Crippen molar-refractivity contribution in [2.45, 2.75) is 19.3 Å². The molecule has 2 aliphatic rings. The summed E-state index contributed by atoms with van der Waals surface area (Å²) in [6.45, 7) is 0. The SMILES string of the molecule is O=C1NC(=O)C(=C(c2cccc3[nH]ccc23)C2C=CCCC2)S1. The monoisotopic (exact) mass is 324 g/mol. The minimum atomic E-state index is -0.288. The summed E-state index contributed by atoms with van der Waals surface area (Å²) >= 11 is 1.02. The second-order valence-corrected chi connectivity index (χ2v) is 6.78. The Kier molecular flexibility index (Phi) is 3.58. The molecule has 2 N–H and O–H groups in total. The van der Waals surface area contributed by atoms with Gasteiger partial charge >= 0.3 is 0 Å². The quantitative estimate of drug-likeness (QED) is 0.642. The average Bonchev–Trinajstić information content (AvgIpc) is 3.16. The zero-order chi connectivity index (χ0) is 15.8. The van der Waals surface area contributed by atoms with Gasteiger partial charge in [0.25, 0.3) is 11.1 Å². The summed E-state index contributed by atoms with van der Waals surface area (Å²) in [4.78, 5) is 27.7. The van der Waals surface area contributed by atoms with E-state index in [1.807, 2.05) is 30.5 Å². The minimum absolute atomic E-state index is 0.170. The molecule has 23 heavy (non-hydrogen) atoms. The molecule has 1 fully saturated rings. The molecule has 4 nitrogen and oxygen atoms in total. The van der Waals surface area contributed by atoms with E-state index in [0.29, 0.717) is 4.91 Å². The van der Waals surface area contributed by atoms with Crippen LogP contribution in [0.3, 0.4) is 0 Å². The van der Waals surface area contributed by atoms with Crippen molar-refractivity contribution in [2.75, 3.05) is 0 Å². The maximum atomic E-state index is 12.3. The summed E-state index contributed by atoms with van der Waals surface area (Å²) in [5.74, 6) is -0.107. The largest absolute Gasteiger partial charge is 0.361 e. The lowest BCUT2D eigenvalue weighted by atomic mass is 9.83. The van der Waals surface area contributed by atoms with Crippen LogP contribution in [0.5, 0.6) is 0 Å². The van der Waals surface area contributed by atoms with Crippen LogP contribution in [-0.4, -0.2) is 16.1 Å². The lowest BCUT2D eigenvalue weighted by Crippen LogP contribution is -2.19. The summed E-state index contributed by atoms with van der Waals surface area (Å²) in [5, 5.41) is 3.19. The molecule has 0 bridgehead atoms. The number of amides is 2. The van der Waals surface area contributed by atoms with Crippen molar-refractivity contribution in [3.05, 3.63) is 53.1 Å². The normalized spacial score (nSPS) is 23.4. The van der Waals surface area contributed by atoms with E-state index in [0.717, 1.165) is 53.1 Å². The number of imide groups is 1. The zero-order valence-electron chi connectivity index (χ0n) is 12.5. The van der Waals surface area contributed by atoms with Crippen LogP contribution in [0.2, 0.25) is 0 Å². The van der Waals surface area contributed by atoms with Gasteiger partial charge in [0, 0.05) is 23.0 Å². The van der Waals surface area contributed by atoms with Gasteiger partial charge in [-0.3, -0.25) is 14.9 Å². The Morgan fingerprint density at radius 2 is 2.13 bits per heavy atom. The molecule has 2 amide bonds. The first kappa shape index (κ1) is 14.3. The summed E-state index contributed by atoms with van der Waals surface area (Å²) in [6, 6.07) is 8.07. The number of benzene rings is 1. The highest BCUT2D eigenvalue weighted by Crippen LogP contribution is 2.42. The van der Waals surface area contributed by atoms with Crippen LogP contribution in [0.4, 0.5) is 4.79 Å². The Bertz CT molecular complexity index is 863. The predicted molar refractivity (Wildman–Crippen MR) is 92.8 cm³/mol. The number of aromatic amines is 1.